The van der Waals surface area contributed by atoms with Crippen LogP contribution in [0.25, 0.3) is 11.0 Å². The molecule has 8 heteroatoms. The topological polar surface area (TPSA) is 53.6 Å². The first kappa shape index (κ1) is 15.6. The molecule has 0 radical (unpaired) electrons. The van der Waals surface area contributed by atoms with Gasteiger partial charge in [0.1, 0.15) is 11.6 Å². The van der Waals surface area contributed by atoms with Crippen LogP contribution in [-0.4, -0.2) is 15.0 Å². The molecule has 23 heavy (non-hydrogen) atoms. The second kappa shape index (κ2) is 5.73. The Kier molecular flexibility index (Phi) is 3.89. The van der Waals surface area contributed by atoms with Gasteiger partial charge in [0, 0.05) is 6.20 Å². The molecule has 0 aliphatic rings. The number of H-pyrrole nitrogens is 1. The van der Waals surface area contributed by atoms with Crippen molar-refractivity contribution in [2.24, 2.45) is 0 Å². The van der Waals surface area contributed by atoms with Crippen LogP contribution in [0.2, 0.25) is 5.02 Å². The number of nitrogens with one attached hydrogen (secondary N) is 2. The van der Waals surface area contributed by atoms with Gasteiger partial charge in [0.2, 0.25) is 0 Å². The Bertz CT molecular complexity index is 811. The second-order valence-corrected chi connectivity index (χ2v) is 5.46. The summed E-state index contributed by atoms with van der Waals surface area (Å²) in [5.41, 5.74) is 0.801. The van der Waals surface area contributed by atoms with Crippen molar-refractivity contribution in [3.05, 3.63) is 52.9 Å². The van der Waals surface area contributed by atoms with E-state index >= 15 is 0 Å². The highest BCUT2D eigenvalue weighted by Crippen LogP contribution is 2.33. The van der Waals surface area contributed by atoms with Gasteiger partial charge >= 0.3 is 6.18 Å². The molecule has 1 aromatic carbocycles. The summed E-state index contributed by atoms with van der Waals surface area (Å²) in [5, 5.41) is 2.87. The van der Waals surface area contributed by atoms with Gasteiger partial charge in [-0.2, -0.15) is 13.2 Å². The van der Waals surface area contributed by atoms with Crippen molar-refractivity contribution >= 4 is 28.5 Å². The minimum atomic E-state index is -4.47. The third kappa shape index (κ3) is 3.24. The zero-order valence-electron chi connectivity index (χ0n) is 11.9. The molecule has 3 rings (SSSR count). The molecule has 2 heterocycles. The fourth-order valence-electron chi connectivity index (χ4n) is 2.15. The number of hydrogen-bond donors (Lipinski definition) is 2. The standard InChI is InChI=1S/C15H12ClF3N4/c1-8(13-22-11-4-2-3-5-12(11)23-13)21-14-10(16)6-9(7-20-14)15(17,18)19/h2-8H,1H3,(H,20,21)(H,22,23). The van der Waals surface area contributed by atoms with Crippen molar-refractivity contribution in [1.82, 2.24) is 15.0 Å². The van der Waals surface area contributed by atoms with Gasteiger partial charge in [0.05, 0.1) is 27.7 Å². The Balaban J connectivity index is 1.83. The molecule has 4 nitrogen and oxygen atoms in total. The summed E-state index contributed by atoms with van der Waals surface area (Å²) < 4.78 is 37.8. The van der Waals surface area contributed by atoms with Crippen LogP contribution < -0.4 is 5.32 Å². The number of aromatic amines is 1. The molecule has 0 spiro atoms. The first-order valence-corrected chi connectivity index (χ1v) is 7.16. The second-order valence-electron chi connectivity index (χ2n) is 5.06. The Labute approximate surface area is 134 Å². The van der Waals surface area contributed by atoms with E-state index in [0.29, 0.717) is 5.82 Å². The van der Waals surface area contributed by atoms with Gasteiger partial charge in [-0.05, 0) is 25.1 Å². The lowest BCUT2D eigenvalue weighted by molar-refractivity contribution is -0.137. The summed E-state index contributed by atoms with van der Waals surface area (Å²) in [7, 11) is 0. The smallest absolute Gasteiger partial charge is 0.359 e. The van der Waals surface area contributed by atoms with Crippen molar-refractivity contribution in [2.75, 3.05) is 5.32 Å². The fourth-order valence-corrected chi connectivity index (χ4v) is 2.37. The number of fused-ring (bicyclic) bond motifs is 1. The summed E-state index contributed by atoms with van der Waals surface area (Å²) >= 11 is 5.89. The summed E-state index contributed by atoms with van der Waals surface area (Å²) in [6.45, 7) is 1.81. The largest absolute Gasteiger partial charge is 0.417 e. The zero-order valence-corrected chi connectivity index (χ0v) is 12.7. The van der Waals surface area contributed by atoms with E-state index in [9.17, 15) is 13.2 Å². The predicted molar refractivity (Wildman–Crippen MR) is 82.4 cm³/mol. The maximum absolute atomic E-state index is 12.6. The molecule has 2 N–H and O–H groups in total. The Hall–Kier alpha value is -2.28. The number of para-hydroxylation sites is 2. The normalized spacial score (nSPS) is 13.3. The van der Waals surface area contributed by atoms with Crippen LogP contribution in [0.4, 0.5) is 19.0 Å². The number of halogens is 4. The van der Waals surface area contributed by atoms with Crippen LogP contribution in [0.15, 0.2) is 36.5 Å². The summed E-state index contributed by atoms with van der Waals surface area (Å²) in [6, 6.07) is 8.06. The van der Waals surface area contributed by atoms with Crippen LogP contribution in [0.5, 0.6) is 0 Å². The van der Waals surface area contributed by atoms with E-state index in [-0.39, 0.29) is 16.9 Å². The van der Waals surface area contributed by atoms with E-state index in [4.69, 9.17) is 11.6 Å². The van der Waals surface area contributed by atoms with E-state index in [1.54, 1.807) is 0 Å². The number of aromatic nitrogens is 3. The maximum atomic E-state index is 12.6. The number of benzene rings is 1. The van der Waals surface area contributed by atoms with E-state index in [2.05, 4.69) is 20.3 Å². The molecule has 0 amide bonds. The quantitative estimate of drug-likeness (QED) is 0.720. The van der Waals surface area contributed by atoms with Gasteiger partial charge < -0.3 is 10.3 Å². The average molecular weight is 341 g/mol. The van der Waals surface area contributed by atoms with Crippen LogP contribution in [0.1, 0.15) is 24.4 Å². The number of hydrogen-bond acceptors (Lipinski definition) is 3. The minimum absolute atomic E-state index is 0.0946. The summed E-state index contributed by atoms with van der Waals surface area (Å²) in [5.74, 6) is 0.816. The average Bonchev–Trinajstić information content (AvgIpc) is 2.92. The van der Waals surface area contributed by atoms with E-state index in [0.717, 1.165) is 23.3 Å². The van der Waals surface area contributed by atoms with Gasteiger partial charge in [-0.25, -0.2) is 9.97 Å². The molecular formula is C15H12ClF3N4. The summed E-state index contributed by atoms with van der Waals surface area (Å²) in [6.07, 6.45) is -3.72. The lowest BCUT2D eigenvalue weighted by Crippen LogP contribution is -2.11. The van der Waals surface area contributed by atoms with Crippen LogP contribution in [-0.2, 0) is 6.18 Å². The van der Waals surface area contributed by atoms with Gasteiger partial charge in [0.25, 0.3) is 0 Å². The number of alkyl halides is 3. The van der Waals surface area contributed by atoms with Crippen LogP contribution in [0.3, 0.4) is 0 Å². The number of nitrogens with zero attached hydrogens (tertiary/aromatic N) is 2. The molecule has 3 aromatic rings. The molecule has 0 fully saturated rings. The molecule has 0 aliphatic heterocycles. The van der Waals surface area contributed by atoms with Crippen molar-refractivity contribution in [3.63, 3.8) is 0 Å². The molecule has 2 aromatic heterocycles. The number of pyridine rings is 1. The Morgan fingerprint density at radius 2 is 2.00 bits per heavy atom. The maximum Gasteiger partial charge on any atom is 0.417 e. The van der Waals surface area contributed by atoms with Gasteiger partial charge in [-0.3, -0.25) is 0 Å². The van der Waals surface area contributed by atoms with E-state index in [1.165, 1.54) is 0 Å². The molecule has 0 saturated heterocycles. The molecule has 0 aliphatic carbocycles. The highest BCUT2D eigenvalue weighted by Gasteiger charge is 2.31. The monoisotopic (exact) mass is 340 g/mol. The molecular weight excluding hydrogens is 329 g/mol. The fraction of sp³-hybridized carbons (Fsp3) is 0.200. The number of imidazole rings is 1. The number of rotatable bonds is 3. The molecule has 0 bridgehead atoms. The first-order chi connectivity index (χ1) is 10.8. The highest BCUT2D eigenvalue weighted by atomic mass is 35.5. The van der Waals surface area contributed by atoms with Crippen molar-refractivity contribution < 1.29 is 13.2 Å². The van der Waals surface area contributed by atoms with Crippen LogP contribution in [0, 0.1) is 0 Å². The SMILES string of the molecule is CC(Nc1ncc(C(F)(F)F)cc1Cl)c1nc2ccccc2[nH]1. The Morgan fingerprint density at radius 1 is 1.26 bits per heavy atom. The molecule has 0 saturated carbocycles. The zero-order chi connectivity index (χ0) is 16.6. The third-order valence-electron chi connectivity index (χ3n) is 3.34. The predicted octanol–water partition coefficient (Wildman–Crippen LogP) is 4.80. The molecule has 1 unspecified atom stereocenters. The summed E-state index contributed by atoms with van der Waals surface area (Å²) in [4.78, 5) is 11.3. The van der Waals surface area contributed by atoms with Crippen molar-refractivity contribution in [1.29, 1.82) is 0 Å². The van der Waals surface area contributed by atoms with Gasteiger partial charge in [-0.1, -0.05) is 23.7 Å². The minimum Gasteiger partial charge on any atom is -0.359 e. The van der Waals surface area contributed by atoms with Gasteiger partial charge in [0.15, 0.2) is 0 Å². The van der Waals surface area contributed by atoms with Crippen molar-refractivity contribution in [3.8, 4) is 0 Å². The molecule has 1 atom stereocenters. The lowest BCUT2D eigenvalue weighted by Gasteiger charge is -2.14. The van der Waals surface area contributed by atoms with Crippen molar-refractivity contribution in [2.45, 2.75) is 19.1 Å². The van der Waals surface area contributed by atoms with E-state index < -0.39 is 11.7 Å². The van der Waals surface area contributed by atoms with E-state index in [1.807, 2.05) is 31.2 Å². The van der Waals surface area contributed by atoms with Crippen LogP contribution >= 0.6 is 11.6 Å². The first-order valence-electron chi connectivity index (χ1n) is 6.78. The highest BCUT2D eigenvalue weighted by molar-refractivity contribution is 6.33. The number of anilines is 1. The third-order valence-corrected chi connectivity index (χ3v) is 3.63. The lowest BCUT2D eigenvalue weighted by atomic mass is 10.2. The Morgan fingerprint density at radius 3 is 2.65 bits per heavy atom. The van der Waals surface area contributed by atoms with Gasteiger partial charge in [-0.15, -0.1) is 0 Å². The molecule has 120 valence electrons.